The molecule has 0 heterocycles. The van der Waals surface area contributed by atoms with Gasteiger partial charge in [-0.1, -0.05) is 65.1 Å². The number of rotatable bonds is 8. The molecule has 3 rings (SSSR count). The van der Waals surface area contributed by atoms with Crippen molar-refractivity contribution in [2.24, 2.45) is 0 Å². The van der Waals surface area contributed by atoms with Crippen molar-refractivity contribution in [3.8, 4) is 0 Å². The average molecular weight is 537 g/mol. The highest BCUT2D eigenvalue weighted by atomic mass is 35.5. The summed E-state index contributed by atoms with van der Waals surface area (Å²) in [4.78, 5) is 48.0. The smallest absolute Gasteiger partial charge is 0.326 e. The van der Waals surface area contributed by atoms with Crippen LogP contribution in [0, 0.1) is 10.1 Å². The van der Waals surface area contributed by atoms with Gasteiger partial charge in [-0.2, -0.15) is 0 Å². The first-order valence-electron chi connectivity index (χ1n) is 9.87. The van der Waals surface area contributed by atoms with E-state index in [4.69, 9.17) is 39.5 Å². The quantitative estimate of drug-likeness (QED) is 0.231. The third kappa shape index (κ3) is 7.41. The normalized spacial score (nSPS) is 11.3. The highest BCUT2D eigenvalue weighted by Gasteiger charge is 2.26. The Morgan fingerprint density at radius 2 is 1.54 bits per heavy atom. The number of carbonyl (C=O) groups excluding carboxylic acids is 3. The molecule has 0 spiro atoms. The van der Waals surface area contributed by atoms with Gasteiger partial charge >= 0.3 is 5.97 Å². The SMILES string of the molecule is O=C(CNC(=O)c1cc(Cl)cc([N+](=O)[O-])c1)O[C@@H](C(=O)Nc1cc(Cl)cc(Cl)c1)c1ccccc1. The number of nitrogens with zero attached hydrogens (tertiary/aromatic N) is 1. The van der Waals surface area contributed by atoms with E-state index in [1.807, 2.05) is 0 Å². The molecular weight excluding hydrogens is 521 g/mol. The Kier molecular flexibility index (Phi) is 8.64. The van der Waals surface area contributed by atoms with Crippen LogP contribution in [0.3, 0.4) is 0 Å². The average Bonchev–Trinajstić information content (AvgIpc) is 2.80. The van der Waals surface area contributed by atoms with Gasteiger partial charge in [0.1, 0.15) is 6.54 Å². The van der Waals surface area contributed by atoms with Gasteiger partial charge in [-0.3, -0.25) is 24.5 Å². The zero-order valence-corrected chi connectivity index (χ0v) is 19.9. The van der Waals surface area contributed by atoms with Crippen molar-refractivity contribution >= 4 is 64.0 Å². The van der Waals surface area contributed by atoms with Crippen LogP contribution >= 0.6 is 34.8 Å². The fraction of sp³-hybridized carbons (Fsp3) is 0.0870. The van der Waals surface area contributed by atoms with Crippen LogP contribution in [0.15, 0.2) is 66.7 Å². The molecule has 180 valence electrons. The van der Waals surface area contributed by atoms with Gasteiger partial charge in [-0.15, -0.1) is 0 Å². The van der Waals surface area contributed by atoms with Crippen LogP contribution in [-0.4, -0.2) is 29.3 Å². The maximum absolute atomic E-state index is 12.9. The lowest BCUT2D eigenvalue weighted by atomic mass is 10.1. The first-order chi connectivity index (χ1) is 16.6. The van der Waals surface area contributed by atoms with Gasteiger partial charge in [0.25, 0.3) is 17.5 Å². The Morgan fingerprint density at radius 3 is 2.17 bits per heavy atom. The van der Waals surface area contributed by atoms with Crippen LogP contribution in [-0.2, 0) is 14.3 Å². The molecule has 35 heavy (non-hydrogen) atoms. The molecule has 3 aromatic rings. The number of nitro benzene ring substituents is 1. The maximum Gasteiger partial charge on any atom is 0.326 e. The molecule has 1 atom stereocenters. The van der Waals surface area contributed by atoms with Gasteiger partial charge < -0.3 is 15.4 Å². The second kappa shape index (κ2) is 11.7. The zero-order valence-electron chi connectivity index (χ0n) is 17.7. The van der Waals surface area contributed by atoms with Crippen LogP contribution < -0.4 is 10.6 Å². The minimum atomic E-state index is -1.36. The summed E-state index contributed by atoms with van der Waals surface area (Å²) >= 11 is 17.8. The summed E-state index contributed by atoms with van der Waals surface area (Å²) in [7, 11) is 0. The predicted molar refractivity (Wildman–Crippen MR) is 131 cm³/mol. The van der Waals surface area contributed by atoms with Crippen LogP contribution in [0.4, 0.5) is 11.4 Å². The van der Waals surface area contributed by atoms with Gasteiger partial charge in [-0.05, 0) is 24.3 Å². The largest absolute Gasteiger partial charge is 0.446 e. The summed E-state index contributed by atoms with van der Waals surface area (Å²) in [6.45, 7) is -0.612. The third-order valence-corrected chi connectivity index (χ3v) is 5.12. The molecule has 0 aromatic heterocycles. The molecule has 0 fully saturated rings. The number of hydrogen-bond acceptors (Lipinski definition) is 6. The lowest BCUT2D eigenvalue weighted by Crippen LogP contribution is -2.33. The lowest BCUT2D eigenvalue weighted by Gasteiger charge is -2.18. The second-order valence-corrected chi connectivity index (χ2v) is 8.38. The summed E-state index contributed by atoms with van der Waals surface area (Å²) in [5, 5.41) is 16.4. The number of carbonyl (C=O) groups is 3. The first kappa shape index (κ1) is 26.0. The van der Waals surface area contributed by atoms with Gasteiger partial charge in [0.15, 0.2) is 0 Å². The van der Waals surface area contributed by atoms with Gasteiger partial charge in [0.05, 0.1) is 4.92 Å². The van der Waals surface area contributed by atoms with E-state index in [2.05, 4.69) is 10.6 Å². The number of esters is 1. The molecule has 2 N–H and O–H groups in total. The number of halogens is 3. The lowest BCUT2D eigenvalue weighted by molar-refractivity contribution is -0.384. The molecule has 0 aliphatic rings. The highest BCUT2D eigenvalue weighted by Crippen LogP contribution is 2.25. The highest BCUT2D eigenvalue weighted by molar-refractivity contribution is 6.35. The van der Waals surface area contributed by atoms with Crippen LogP contribution in [0.1, 0.15) is 22.0 Å². The fourth-order valence-electron chi connectivity index (χ4n) is 2.97. The van der Waals surface area contributed by atoms with Crippen molar-refractivity contribution in [1.29, 1.82) is 0 Å². The third-order valence-electron chi connectivity index (χ3n) is 4.47. The zero-order chi connectivity index (χ0) is 25.5. The van der Waals surface area contributed by atoms with E-state index in [1.54, 1.807) is 30.3 Å². The van der Waals surface area contributed by atoms with Crippen molar-refractivity contribution < 1.29 is 24.0 Å². The molecule has 0 unspecified atom stereocenters. The standard InChI is InChI=1S/C23H16Cl3N3O6/c24-15-6-14(7-19(11-15)29(33)34)22(31)27-12-20(30)35-21(13-4-2-1-3-5-13)23(32)28-18-9-16(25)8-17(26)10-18/h1-11,21H,12H2,(H,27,31)(H,28,32)/t21-/m1/s1. The number of nitro groups is 1. The van der Waals surface area contributed by atoms with E-state index in [0.29, 0.717) is 21.3 Å². The minimum Gasteiger partial charge on any atom is -0.446 e. The molecule has 0 aliphatic carbocycles. The Balaban J connectivity index is 1.71. The number of nitrogens with one attached hydrogen (secondary N) is 2. The van der Waals surface area contributed by atoms with Crippen molar-refractivity contribution in [2.75, 3.05) is 11.9 Å². The number of non-ortho nitro benzene ring substituents is 1. The molecule has 9 nitrogen and oxygen atoms in total. The van der Waals surface area contributed by atoms with Gasteiger partial charge in [-0.25, -0.2) is 0 Å². The van der Waals surface area contributed by atoms with E-state index >= 15 is 0 Å². The molecule has 0 saturated carbocycles. The summed E-state index contributed by atoms with van der Waals surface area (Å²) in [6.07, 6.45) is -1.36. The van der Waals surface area contributed by atoms with Gasteiger partial charge in [0, 0.05) is 44.0 Å². The Morgan fingerprint density at radius 1 is 0.914 bits per heavy atom. The summed E-state index contributed by atoms with van der Waals surface area (Å²) < 4.78 is 5.34. The molecule has 3 aromatic carbocycles. The topological polar surface area (TPSA) is 128 Å². The van der Waals surface area contributed by atoms with Crippen molar-refractivity contribution in [2.45, 2.75) is 6.10 Å². The number of hydrogen-bond donors (Lipinski definition) is 2. The van der Waals surface area contributed by atoms with Crippen molar-refractivity contribution in [3.63, 3.8) is 0 Å². The van der Waals surface area contributed by atoms with Crippen molar-refractivity contribution in [3.05, 3.63) is 103 Å². The fourth-order valence-corrected chi connectivity index (χ4v) is 3.73. The van der Waals surface area contributed by atoms with E-state index in [-0.39, 0.29) is 16.3 Å². The van der Waals surface area contributed by atoms with Crippen LogP contribution in [0.2, 0.25) is 15.1 Å². The monoisotopic (exact) mass is 535 g/mol. The Labute approximate surface area is 214 Å². The van der Waals surface area contributed by atoms with E-state index in [1.165, 1.54) is 24.3 Å². The first-order valence-corrected chi connectivity index (χ1v) is 11.0. The summed E-state index contributed by atoms with van der Waals surface area (Å²) in [5.74, 6) is -2.40. The molecular formula is C23H16Cl3N3O6. The number of amides is 2. The molecule has 0 bridgehead atoms. The van der Waals surface area contributed by atoms with E-state index < -0.39 is 35.4 Å². The minimum absolute atomic E-state index is 0.0196. The van der Waals surface area contributed by atoms with E-state index in [0.717, 1.165) is 12.1 Å². The predicted octanol–water partition coefficient (Wildman–Crippen LogP) is 5.21. The number of ether oxygens (including phenoxy) is 1. The summed E-state index contributed by atoms with van der Waals surface area (Å²) in [5.41, 5.74) is 0.169. The van der Waals surface area contributed by atoms with Crippen LogP contribution in [0.25, 0.3) is 0 Å². The Bertz CT molecular complexity index is 1270. The molecule has 0 radical (unpaired) electrons. The maximum atomic E-state index is 12.9. The number of benzene rings is 3. The molecule has 2 amide bonds. The Hall–Kier alpha value is -3.66. The molecule has 0 aliphatic heterocycles. The molecule has 12 heteroatoms. The van der Waals surface area contributed by atoms with Gasteiger partial charge in [0.2, 0.25) is 6.10 Å². The van der Waals surface area contributed by atoms with Crippen molar-refractivity contribution in [1.82, 2.24) is 5.32 Å². The van der Waals surface area contributed by atoms with Crippen LogP contribution in [0.5, 0.6) is 0 Å². The number of anilines is 1. The molecule has 0 saturated heterocycles. The summed E-state index contributed by atoms with van der Waals surface area (Å²) in [6, 6.07) is 16.0. The van der Waals surface area contributed by atoms with E-state index in [9.17, 15) is 24.5 Å². The second-order valence-electron chi connectivity index (χ2n) is 7.07.